The molecule has 0 heterocycles. The number of allylic oxidation sites excluding steroid dienone is 1. The van der Waals surface area contributed by atoms with Gasteiger partial charge in [-0.05, 0) is 59.5 Å². The number of hydrogen-bond acceptors (Lipinski definition) is 4. The first-order valence-electron chi connectivity index (χ1n) is 10.2. The number of nitrogens with zero attached hydrogens (tertiary/aromatic N) is 1. The van der Waals surface area contributed by atoms with Gasteiger partial charge in [0.25, 0.3) is 0 Å². The van der Waals surface area contributed by atoms with Gasteiger partial charge in [0.05, 0.1) is 19.7 Å². The van der Waals surface area contributed by atoms with Gasteiger partial charge in [-0.3, -0.25) is 4.79 Å². The predicted octanol–water partition coefficient (Wildman–Crippen LogP) is 4.97. The molecule has 0 fully saturated rings. The van der Waals surface area contributed by atoms with Crippen molar-refractivity contribution in [3.8, 4) is 11.5 Å². The first kappa shape index (κ1) is 23.7. The Morgan fingerprint density at radius 1 is 1.03 bits per heavy atom. The number of rotatable bonds is 10. The Morgan fingerprint density at radius 3 is 2.27 bits per heavy atom. The average molecular weight is 450 g/mol. The molecule has 0 aromatic heterocycles. The molecule has 0 aliphatic rings. The maximum Gasteiger partial charge on any atom is 0.244 e. The zero-order valence-electron chi connectivity index (χ0n) is 18.2. The SMILES string of the molecule is C=CCc1cc(/C=N/NC(=O)Cc2ccc(F)cc2)cc(OC)c1OCc1ccc(F)cc1. The summed E-state index contributed by atoms with van der Waals surface area (Å²) in [4.78, 5) is 12.1. The topological polar surface area (TPSA) is 59.9 Å². The van der Waals surface area contributed by atoms with Gasteiger partial charge in [-0.1, -0.05) is 30.3 Å². The van der Waals surface area contributed by atoms with Crippen molar-refractivity contribution in [2.24, 2.45) is 5.10 Å². The van der Waals surface area contributed by atoms with Gasteiger partial charge in [-0.25, -0.2) is 14.2 Å². The fourth-order valence-corrected chi connectivity index (χ4v) is 3.12. The van der Waals surface area contributed by atoms with Gasteiger partial charge >= 0.3 is 0 Å². The quantitative estimate of drug-likeness (QED) is 0.269. The van der Waals surface area contributed by atoms with E-state index in [1.54, 1.807) is 36.4 Å². The van der Waals surface area contributed by atoms with Crippen LogP contribution in [0, 0.1) is 11.6 Å². The number of carbonyl (C=O) groups is 1. The Kier molecular flexibility index (Phi) is 8.30. The van der Waals surface area contributed by atoms with Crippen LogP contribution in [0.1, 0.15) is 22.3 Å². The van der Waals surface area contributed by atoms with Crippen molar-refractivity contribution in [1.29, 1.82) is 0 Å². The lowest BCUT2D eigenvalue weighted by Gasteiger charge is -2.16. The molecule has 1 N–H and O–H groups in total. The second kappa shape index (κ2) is 11.6. The third-order valence-electron chi connectivity index (χ3n) is 4.72. The normalized spacial score (nSPS) is 10.8. The third-order valence-corrected chi connectivity index (χ3v) is 4.72. The predicted molar refractivity (Wildman–Crippen MR) is 123 cm³/mol. The number of methoxy groups -OCH3 is 1. The van der Waals surface area contributed by atoms with Gasteiger partial charge in [0.2, 0.25) is 5.91 Å². The number of carbonyl (C=O) groups excluding carboxylic acids is 1. The molecular weight excluding hydrogens is 426 g/mol. The molecule has 0 saturated heterocycles. The molecule has 170 valence electrons. The summed E-state index contributed by atoms with van der Waals surface area (Å²) in [6.07, 6.45) is 3.85. The molecule has 0 unspecified atom stereocenters. The van der Waals surface area contributed by atoms with Crippen molar-refractivity contribution in [2.45, 2.75) is 19.4 Å². The summed E-state index contributed by atoms with van der Waals surface area (Å²) >= 11 is 0. The molecule has 5 nitrogen and oxygen atoms in total. The van der Waals surface area contributed by atoms with Crippen LogP contribution in [0.2, 0.25) is 0 Å². The summed E-state index contributed by atoms with van der Waals surface area (Å²) in [5.74, 6) is 0.0637. The maximum absolute atomic E-state index is 13.1. The standard InChI is InChI=1S/C26H24F2N2O3/c1-3-4-21-13-20(16-29-30-25(31)15-18-5-9-22(27)10-6-18)14-24(32-2)26(21)33-17-19-7-11-23(28)12-8-19/h3,5-14,16H,1,4,15,17H2,2H3,(H,30,31)/b29-16+. The number of hydrogen-bond donors (Lipinski definition) is 1. The van der Waals surface area contributed by atoms with Crippen LogP contribution < -0.4 is 14.9 Å². The molecule has 0 aliphatic heterocycles. The molecule has 3 aromatic carbocycles. The fraction of sp³-hybridized carbons (Fsp3) is 0.154. The van der Waals surface area contributed by atoms with E-state index < -0.39 is 0 Å². The zero-order chi connectivity index (χ0) is 23.6. The van der Waals surface area contributed by atoms with Crippen LogP contribution in [0.4, 0.5) is 8.78 Å². The Bertz CT molecular complexity index is 1130. The summed E-state index contributed by atoms with van der Waals surface area (Å²) in [6, 6.07) is 15.4. The zero-order valence-corrected chi connectivity index (χ0v) is 18.2. The highest BCUT2D eigenvalue weighted by atomic mass is 19.1. The van der Waals surface area contributed by atoms with E-state index in [0.717, 1.165) is 11.1 Å². The van der Waals surface area contributed by atoms with E-state index in [-0.39, 0.29) is 30.6 Å². The van der Waals surface area contributed by atoms with Crippen molar-refractivity contribution in [2.75, 3.05) is 7.11 Å². The second-order valence-electron chi connectivity index (χ2n) is 7.22. The number of amides is 1. The van der Waals surface area contributed by atoms with Crippen molar-refractivity contribution in [1.82, 2.24) is 5.43 Å². The van der Waals surface area contributed by atoms with E-state index in [2.05, 4.69) is 17.1 Å². The minimum absolute atomic E-state index is 0.0822. The van der Waals surface area contributed by atoms with E-state index in [1.165, 1.54) is 37.6 Å². The fourth-order valence-electron chi connectivity index (χ4n) is 3.12. The second-order valence-corrected chi connectivity index (χ2v) is 7.22. The molecule has 1 amide bonds. The molecule has 33 heavy (non-hydrogen) atoms. The third kappa shape index (κ3) is 7.00. The van der Waals surface area contributed by atoms with E-state index in [9.17, 15) is 13.6 Å². The Hall–Kier alpha value is -4.00. The Labute approximate surface area is 191 Å². The lowest BCUT2D eigenvalue weighted by molar-refractivity contribution is -0.120. The lowest BCUT2D eigenvalue weighted by atomic mass is 10.1. The van der Waals surface area contributed by atoms with Crippen LogP contribution in [0.3, 0.4) is 0 Å². The van der Waals surface area contributed by atoms with E-state index in [4.69, 9.17) is 9.47 Å². The first-order valence-corrected chi connectivity index (χ1v) is 10.2. The van der Waals surface area contributed by atoms with Crippen molar-refractivity contribution in [3.63, 3.8) is 0 Å². The van der Waals surface area contributed by atoms with Crippen LogP contribution in [-0.4, -0.2) is 19.2 Å². The van der Waals surface area contributed by atoms with Crippen molar-refractivity contribution < 1.29 is 23.0 Å². The monoisotopic (exact) mass is 450 g/mol. The Morgan fingerprint density at radius 2 is 1.67 bits per heavy atom. The molecule has 3 rings (SSSR count). The molecule has 0 bridgehead atoms. The number of hydrazone groups is 1. The minimum atomic E-state index is -0.355. The number of benzene rings is 3. The minimum Gasteiger partial charge on any atom is -0.493 e. The molecule has 0 saturated carbocycles. The largest absolute Gasteiger partial charge is 0.493 e. The molecule has 7 heteroatoms. The summed E-state index contributed by atoms with van der Waals surface area (Å²) in [5.41, 5.74) is 5.48. The van der Waals surface area contributed by atoms with Gasteiger partial charge < -0.3 is 9.47 Å². The van der Waals surface area contributed by atoms with Crippen LogP contribution >= 0.6 is 0 Å². The molecule has 0 radical (unpaired) electrons. The highest BCUT2D eigenvalue weighted by Crippen LogP contribution is 2.34. The summed E-state index contributed by atoms with van der Waals surface area (Å²) in [7, 11) is 1.53. The Balaban J connectivity index is 1.70. The summed E-state index contributed by atoms with van der Waals surface area (Å²) in [6.45, 7) is 4.03. The summed E-state index contributed by atoms with van der Waals surface area (Å²) < 4.78 is 37.6. The number of halogens is 2. The summed E-state index contributed by atoms with van der Waals surface area (Å²) in [5, 5.41) is 4.01. The number of nitrogens with one attached hydrogen (secondary N) is 1. The van der Waals surface area contributed by atoms with E-state index >= 15 is 0 Å². The molecule has 0 spiro atoms. The molecule has 3 aromatic rings. The smallest absolute Gasteiger partial charge is 0.244 e. The van der Waals surface area contributed by atoms with Crippen LogP contribution in [0.5, 0.6) is 11.5 Å². The highest BCUT2D eigenvalue weighted by molar-refractivity contribution is 5.84. The maximum atomic E-state index is 13.1. The van der Waals surface area contributed by atoms with Crippen LogP contribution in [0.15, 0.2) is 78.4 Å². The molecule has 0 aliphatic carbocycles. The first-order chi connectivity index (χ1) is 16.0. The van der Waals surface area contributed by atoms with E-state index in [0.29, 0.717) is 29.0 Å². The van der Waals surface area contributed by atoms with Crippen molar-refractivity contribution >= 4 is 12.1 Å². The van der Waals surface area contributed by atoms with Gasteiger partial charge in [0.1, 0.15) is 18.2 Å². The van der Waals surface area contributed by atoms with Crippen molar-refractivity contribution in [3.05, 3.63) is 107 Å². The van der Waals surface area contributed by atoms with Crippen LogP contribution in [0.25, 0.3) is 0 Å². The number of ether oxygens (including phenoxy) is 2. The average Bonchev–Trinajstić information content (AvgIpc) is 2.81. The van der Waals surface area contributed by atoms with Gasteiger partial charge in [0, 0.05) is 5.56 Å². The lowest BCUT2D eigenvalue weighted by Crippen LogP contribution is -2.19. The van der Waals surface area contributed by atoms with Gasteiger partial charge in [-0.2, -0.15) is 5.10 Å². The van der Waals surface area contributed by atoms with E-state index in [1.807, 2.05) is 6.07 Å². The molecule has 0 atom stereocenters. The highest BCUT2D eigenvalue weighted by Gasteiger charge is 2.13. The van der Waals surface area contributed by atoms with Crippen LogP contribution in [-0.2, 0) is 24.2 Å². The van der Waals surface area contributed by atoms with Gasteiger partial charge in [0.15, 0.2) is 11.5 Å². The van der Waals surface area contributed by atoms with Gasteiger partial charge in [-0.15, -0.1) is 6.58 Å². The molecular formula is C26H24F2N2O3.